The van der Waals surface area contributed by atoms with Crippen LogP contribution in [0.2, 0.25) is 0 Å². The molecule has 0 bridgehead atoms. The molecule has 2 N–H and O–H groups in total. The van der Waals surface area contributed by atoms with E-state index < -0.39 is 0 Å². The van der Waals surface area contributed by atoms with Gasteiger partial charge in [-0.25, -0.2) is 4.39 Å². The van der Waals surface area contributed by atoms with E-state index in [2.05, 4.69) is 15.9 Å². The summed E-state index contributed by atoms with van der Waals surface area (Å²) >= 11 is 3.47. The van der Waals surface area contributed by atoms with Gasteiger partial charge in [-0.15, -0.1) is 0 Å². The predicted octanol–water partition coefficient (Wildman–Crippen LogP) is 3.85. The monoisotopic (exact) mass is 353 g/mol. The number of ether oxygens (including phenoxy) is 2. The fourth-order valence-electron chi connectivity index (χ4n) is 2.15. The van der Waals surface area contributed by atoms with E-state index in [4.69, 9.17) is 15.2 Å². The molecule has 0 saturated carbocycles. The van der Waals surface area contributed by atoms with Crippen molar-refractivity contribution in [1.82, 2.24) is 0 Å². The van der Waals surface area contributed by atoms with Crippen molar-refractivity contribution in [2.45, 2.75) is 12.5 Å². The number of hydrogen-bond acceptors (Lipinski definition) is 3. The maximum Gasteiger partial charge on any atom is 0.168 e. The number of rotatable bonds is 5. The van der Waals surface area contributed by atoms with Crippen LogP contribution in [0.25, 0.3) is 0 Å². The summed E-state index contributed by atoms with van der Waals surface area (Å²) in [4.78, 5) is 0. The molecule has 0 fully saturated rings. The smallest absolute Gasteiger partial charge is 0.168 e. The zero-order valence-electron chi connectivity index (χ0n) is 11.9. The summed E-state index contributed by atoms with van der Waals surface area (Å²) in [5.74, 6) is 0.577. The number of nitrogens with two attached hydrogens (primary N) is 1. The normalized spacial score (nSPS) is 12.0. The first-order valence-electron chi connectivity index (χ1n) is 6.47. The Morgan fingerprint density at radius 3 is 2.62 bits per heavy atom. The van der Waals surface area contributed by atoms with Crippen LogP contribution < -0.4 is 15.2 Å². The number of methoxy groups -OCH3 is 2. The SMILES string of the molecule is COc1ccc(Br)c(C(N)Cc2cccc(OC)c2F)c1. The zero-order valence-corrected chi connectivity index (χ0v) is 13.5. The summed E-state index contributed by atoms with van der Waals surface area (Å²) in [6.45, 7) is 0. The minimum atomic E-state index is -0.366. The average molecular weight is 354 g/mol. The Morgan fingerprint density at radius 2 is 1.95 bits per heavy atom. The van der Waals surface area contributed by atoms with Crippen LogP contribution in [-0.2, 0) is 6.42 Å². The molecule has 0 aliphatic rings. The molecule has 2 aromatic rings. The molecule has 0 aliphatic heterocycles. The van der Waals surface area contributed by atoms with Gasteiger partial charge in [0.05, 0.1) is 14.2 Å². The van der Waals surface area contributed by atoms with Crippen LogP contribution in [0.15, 0.2) is 40.9 Å². The van der Waals surface area contributed by atoms with Gasteiger partial charge in [0.2, 0.25) is 0 Å². The van der Waals surface area contributed by atoms with Gasteiger partial charge < -0.3 is 15.2 Å². The third-order valence-electron chi connectivity index (χ3n) is 3.31. The highest BCUT2D eigenvalue weighted by Gasteiger charge is 2.16. The van der Waals surface area contributed by atoms with E-state index in [0.29, 0.717) is 12.0 Å². The van der Waals surface area contributed by atoms with Gasteiger partial charge in [-0.3, -0.25) is 0 Å². The fourth-order valence-corrected chi connectivity index (χ4v) is 2.69. The Kier molecular flexibility index (Phi) is 5.20. The second-order valence-electron chi connectivity index (χ2n) is 4.63. The highest BCUT2D eigenvalue weighted by molar-refractivity contribution is 9.10. The third-order valence-corrected chi connectivity index (χ3v) is 4.03. The van der Waals surface area contributed by atoms with E-state index in [-0.39, 0.29) is 17.6 Å². The molecule has 2 aromatic carbocycles. The van der Waals surface area contributed by atoms with Crippen LogP contribution in [0.1, 0.15) is 17.2 Å². The number of benzene rings is 2. The van der Waals surface area contributed by atoms with Gasteiger partial charge in [-0.2, -0.15) is 0 Å². The topological polar surface area (TPSA) is 44.5 Å². The van der Waals surface area contributed by atoms with Crippen molar-refractivity contribution in [3.05, 3.63) is 57.8 Å². The molecule has 0 radical (unpaired) electrons. The summed E-state index contributed by atoms with van der Waals surface area (Å²) in [6, 6.07) is 10.3. The lowest BCUT2D eigenvalue weighted by atomic mass is 9.99. The van der Waals surface area contributed by atoms with Crippen LogP contribution >= 0.6 is 15.9 Å². The molecule has 3 nitrogen and oxygen atoms in total. The lowest BCUT2D eigenvalue weighted by Crippen LogP contribution is -2.15. The Hall–Kier alpha value is -1.59. The molecule has 1 atom stereocenters. The molecule has 1 unspecified atom stereocenters. The van der Waals surface area contributed by atoms with Gasteiger partial charge >= 0.3 is 0 Å². The fraction of sp³-hybridized carbons (Fsp3) is 0.250. The maximum absolute atomic E-state index is 14.2. The summed E-state index contributed by atoms with van der Waals surface area (Å²) in [6.07, 6.45) is 0.370. The minimum Gasteiger partial charge on any atom is -0.497 e. The summed E-state index contributed by atoms with van der Waals surface area (Å²) in [7, 11) is 3.04. The largest absolute Gasteiger partial charge is 0.497 e. The summed E-state index contributed by atoms with van der Waals surface area (Å²) in [5, 5.41) is 0. The highest BCUT2D eigenvalue weighted by Crippen LogP contribution is 2.30. The molecule has 0 amide bonds. The second-order valence-corrected chi connectivity index (χ2v) is 5.49. The zero-order chi connectivity index (χ0) is 15.4. The Balaban J connectivity index is 2.28. The minimum absolute atomic E-state index is 0.226. The van der Waals surface area contributed by atoms with Crippen LogP contribution in [0.5, 0.6) is 11.5 Å². The molecule has 5 heteroatoms. The summed E-state index contributed by atoms with van der Waals surface area (Å²) < 4.78 is 25.2. The van der Waals surface area contributed by atoms with Gasteiger partial charge in [0, 0.05) is 10.5 Å². The number of halogens is 2. The van der Waals surface area contributed by atoms with Crippen molar-refractivity contribution in [3.8, 4) is 11.5 Å². The third kappa shape index (κ3) is 3.54. The summed E-state index contributed by atoms with van der Waals surface area (Å²) in [5.41, 5.74) is 7.62. The van der Waals surface area contributed by atoms with Crippen molar-refractivity contribution < 1.29 is 13.9 Å². The van der Waals surface area contributed by atoms with Gasteiger partial charge in [-0.1, -0.05) is 28.1 Å². The number of hydrogen-bond donors (Lipinski definition) is 1. The average Bonchev–Trinajstić information content (AvgIpc) is 2.49. The molecule has 0 heterocycles. The van der Waals surface area contributed by atoms with E-state index in [1.165, 1.54) is 7.11 Å². The first-order chi connectivity index (χ1) is 10.1. The highest BCUT2D eigenvalue weighted by atomic mass is 79.9. The van der Waals surface area contributed by atoms with E-state index in [1.54, 1.807) is 25.3 Å². The predicted molar refractivity (Wildman–Crippen MR) is 84.3 cm³/mol. The molecular weight excluding hydrogens is 337 g/mol. The van der Waals surface area contributed by atoms with Crippen molar-refractivity contribution in [1.29, 1.82) is 0 Å². The Labute approximate surface area is 132 Å². The van der Waals surface area contributed by atoms with Crippen LogP contribution in [0.3, 0.4) is 0 Å². The maximum atomic E-state index is 14.2. The second kappa shape index (κ2) is 6.91. The molecular formula is C16H17BrFNO2. The van der Waals surface area contributed by atoms with Gasteiger partial charge in [0.25, 0.3) is 0 Å². The Morgan fingerprint density at radius 1 is 1.19 bits per heavy atom. The van der Waals surface area contributed by atoms with Crippen molar-refractivity contribution in [2.75, 3.05) is 14.2 Å². The van der Waals surface area contributed by atoms with E-state index in [1.807, 2.05) is 18.2 Å². The van der Waals surface area contributed by atoms with E-state index in [9.17, 15) is 4.39 Å². The van der Waals surface area contributed by atoms with E-state index >= 15 is 0 Å². The van der Waals surface area contributed by atoms with Crippen molar-refractivity contribution in [3.63, 3.8) is 0 Å². The molecule has 21 heavy (non-hydrogen) atoms. The standard InChI is InChI=1S/C16H17BrFNO2/c1-20-11-6-7-13(17)12(9-11)14(19)8-10-4-3-5-15(21-2)16(10)18/h3-7,9,14H,8,19H2,1-2H3. The van der Waals surface area contributed by atoms with Crippen molar-refractivity contribution >= 4 is 15.9 Å². The van der Waals surface area contributed by atoms with Gasteiger partial charge in [0.15, 0.2) is 11.6 Å². The first kappa shape index (κ1) is 15.8. The quantitative estimate of drug-likeness (QED) is 0.887. The van der Waals surface area contributed by atoms with Gasteiger partial charge in [0.1, 0.15) is 5.75 Å². The molecule has 0 aliphatic carbocycles. The molecule has 0 saturated heterocycles. The van der Waals surface area contributed by atoms with Crippen LogP contribution in [-0.4, -0.2) is 14.2 Å². The van der Waals surface area contributed by atoms with Crippen LogP contribution in [0.4, 0.5) is 4.39 Å². The van der Waals surface area contributed by atoms with Crippen LogP contribution in [0, 0.1) is 5.82 Å². The Bertz CT molecular complexity index is 634. The van der Waals surface area contributed by atoms with Gasteiger partial charge in [-0.05, 0) is 41.8 Å². The lowest BCUT2D eigenvalue weighted by Gasteiger charge is -2.16. The lowest BCUT2D eigenvalue weighted by molar-refractivity contribution is 0.383. The molecule has 112 valence electrons. The van der Waals surface area contributed by atoms with E-state index in [0.717, 1.165) is 15.8 Å². The van der Waals surface area contributed by atoms with Crippen molar-refractivity contribution in [2.24, 2.45) is 5.73 Å². The molecule has 0 spiro atoms. The first-order valence-corrected chi connectivity index (χ1v) is 7.26. The molecule has 0 aromatic heterocycles. The molecule has 2 rings (SSSR count).